The van der Waals surface area contributed by atoms with E-state index in [2.05, 4.69) is 16.0 Å². The molecule has 1 aromatic carbocycles. The molecular formula is C15H14N4O3. The summed E-state index contributed by atoms with van der Waals surface area (Å²) in [6, 6.07) is 11.4. The lowest BCUT2D eigenvalue weighted by Crippen LogP contribution is -2.43. The van der Waals surface area contributed by atoms with E-state index in [1.54, 1.807) is 24.3 Å². The molecule has 7 nitrogen and oxygen atoms in total. The zero-order valence-corrected chi connectivity index (χ0v) is 11.7. The van der Waals surface area contributed by atoms with E-state index in [1.165, 1.54) is 12.1 Å². The summed E-state index contributed by atoms with van der Waals surface area (Å²) in [6.07, 6.45) is 1.69. The van der Waals surface area contributed by atoms with Crippen molar-refractivity contribution in [2.45, 2.75) is 12.8 Å². The van der Waals surface area contributed by atoms with E-state index in [9.17, 15) is 14.4 Å². The second-order valence-electron chi connectivity index (χ2n) is 5.02. The summed E-state index contributed by atoms with van der Waals surface area (Å²) in [4.78, 5) is 35.3. The Morgan fingerprint density at radius 3 is 2.45 bits per heavy atom. The number of carbonyl (C=O) groups is 2. The fourth-order valence-electron chi connectivity index (χ4n) is 1.92. The molecule has 3 rings (SSSR count). The molecule has 1 heterocycles. The number of nitrogens with zero attached hydrogens (tertiary/aromatic N) is 2. The summed E-state index contributed by atoms with van der Waals surface area (Å²) in [5, 5.41) is 4.02. The molecule has 2 aromatic rings. The van der Waals surface area contributed by atoms with Gasteiger partial charge in [0.05, 0.1) is 5.69 Å². The molecule has 2 amide bonds. The van der Waals surface area contributed by atoms with Gasteiger partial charge in [-0.1, -0.05) is 18.2 Å². The second-order valence-corrected chi connectivity index (χ2v) is 5.02. The Balaban J connectivity index is 1.78. The van der Waals surface area contributed by atoms with Crippen molar-refractivity contribution < 1.29 is 9.59 Å². The Bertz CT molecular complexity index is 766. The summed E-state index contributed by atoms with van der Waals surface area (Å²) in [6.45, 7) is 0. The van der Waals surface area contributed by atoms with Crippen LogP contribution in [0.2, 0.25) is 0 Å². The summed E-state index contributed by atoms with van der Waals surface area (Å²) >= 11 is 0. The van der Waals surface area contributed by atoms with Crippen molar-refractivity contribution in [2.75, 3.05) is 0 Å². The maximum absolute atomic E-state index is 12.0. The maximum atomic E-state index is 12.0. The minimum atomic E-state index is -0.571. The largest absolute Gasteiger partial charge is 0.290 e. The van der Waals surface area contributed by atoms with Crippen molar-refractivity contribution in [1.29, 1.82) is 0 Å². The first kappa shape index (κ1) is 14.0. The number of nitrogens with one attached hydrogen (secondary N) is 2. The van der Waals surface area contributed by atoms with Crippen LogP contribution in [0.3, 0.4) is 0 Å². The van der Waals surface area contributed by atoms with Crippen LogP contribution in [0.1, 0.15) is 23.3 Å². The normalized spacial score (nSPS) is 13.5. The molecule has 1 aliphatic rings. The van der Waals surface area contributed by atoms with Crippen LogP contribution in [0, 0.1) is 5.92 Å². The van der Waals surface area contributed by atoms with E-state index in [-0.39, 0.29) is 23.1 Å². The van der Waals surface area contributed by atoms with Gasteiger partial charge < -0.3 is 0 Å². The molecule has 1 fully saturated rings. The second kappa shape index (κ2) is 5.80. The van der Waals surface area contributed by atoms with Gasteiger partial charge in [0.1, 0.15) is 0 Å². The lowest BCUT2D eigenvalue weighted by Gasteiger charge is -2.08. The van der Waals surface area contributed by atoms with Crippen LogP contribution < -0.4 is 16.4 Å². The number of hydrazine groups is 1. The Morgan fingerprint density at radius 2 is 1.77 bits per heavy atom. The number of rotatable bonds is 3. The minimum absolute atomic E-state index is 0.00784. The van der Waals surface area contributed by atoms with Crippen molar-refractivity contribution in [1.82, 2.24) is 20.6 Å². The molecule has 0 saturated heterocycles. The molecule has 0 unspecified atom stereocenters. The molecule has 0 bridgehead atoms. The quantitative estimate of drug-likeness (QED) is 0.802. The standard InChI is InChI=1S/C15H14N4O3/c20-13-9-8-12(15(22)17-16-14(21)10-6-7-10)18-19(13)11-4-2-1-3-5-11/h1-5,8-10H,6-7H2,(H,16,21)(H,17,22). The Hall–Kier alpha value is -2.96. The van der Waals surface area contributed by atoms with Gasteiger partial charge >= 0.3 is 0 Å². The summed E-state index contributed by atoms with van der Waals surface area (Å²) < 4.78 is 1.14. The van der Waals surface area contributed by atoms with E-state index in [4.69, 9.17) is 0 Å². The molecule has 1 saturated carbocycles. The van der Waals surface area contributed by atoms with Crippen molar-refractivity contribution in [2.24, 2.45) is 5.92 Å². The third-order valence-corrected chi connectivity index (χ3v) is 3.28. The van der Waals surface area contributed by atoms with Crippen LogP contribution in [0.5, 0.6) is 0 Å². The molecule has 0 atom stereocenters. The number of hydrogen-bond donors (Lipinski definition) is 2. The zero-order valence-electron chi connectivity index (χ0n) is 11.7. The van der Waals surface area contributed by atoms with Gasteiger partial charge in [-0.05, 0) is 31.0 Å². The van der Waals surface area contributed by atoms with Gasteiger partial charge in [0, 0.05) is 12.0 Å². The van der Waals surface area contributed by atoms with Crippen LogP contribution >= 0.6 is 0 Å². The third kappa shape index (κ3) is 3.03. The lowest BCUT2D eigenvalue weighted by molar-refractivity contribution is -0.123. The average molecular weight is 298 g/mol. The van der Waals surface area contributed by atoms with E-state index in [0.717, 1.165) is 17.5 Å². The minimum Gasteiger partial charge on any atom is -0.273 e. The first-order chi connectivity index (χ1) is 10.6. The lowest BCUT2D eigenvalue weighted by atomic mass is 10.3. The van der Waals surface area contributed by atoms with Crippen molar-refractivity contribution in [3.8, 4) is 5.69 Å². The van der Waals surface area contributed by atoms with Gasteiger partial charge in [-0.25, -0.2) is 0 Å². The average Bonchev–Trinajstić information content (AvgIpc) is 3.38. The molecule has 0 radical (unpaired) electrons. The Kier molecular flexibility index (Phi) is 3.69. The van der Waals surface area contributed by atoms with Crippen LogP contribution in [-0.2, 0) is 4.79 Å². The van der Waals surface area contributed by atoms with Gasteiger partial charge in [0.2, 0.25) is 5.91 Å². The zero-order chi connectivity index (χ0) is 15.5. The third-order valence-electron chi connectivity index (χ3n) is 3.28. The van der Waals surface area contributed by atoms with Crippen molar-refractivity contribution in [3.63, 3.8) is 0 Å². The number of benzene rings is 1. The van der Waals surface area contributed by atoms with Crippen molar-refractivity contribution in [3.05, 3.63) is 58.5 Å². The Morgan fingerprint density at radius 1 is 1.05 bits per heavy atom. The fraction of sp³-hybridized carbons (Fsp3) is 0.200. The Labute approximate surface area is 125 Å². The van der Waals surface area contributed by atoms with E-state index in [1.807, 2.05) is 6.07 Å². The van der Waals surface area contributed by atoms with Crippen LogP contribution in [0.4, 0.5) is 0 Å². The summed E-state index contributed by atoms with van der Waals surface area (Å²) in [5.74, 6) is -0.782. The van der Waals surface area contributed by atoms with Crippen LogP contribution in [0.15, 0.2) is 47.3 Å². The van der Waals surface area contributed by atoms with E-state index < -0.39 is 5.91 Å². The number of para-hydroxylation sites is 1. The molecule has 0 spiro atoms. The van der Waals surface area contributed by atoms with Crippen molar-refractivity contribution >= 4 is 11.8 Å². The van der Waals surface area contributed by atoms with Gasteiger partial charge in [0.15, 0.2) is 5.69 Å². The number of amides is 2. The number of aromatic nitrogens is 2. The first-order valence-corrected chi connectivity index (χ1v) is 6.91. The molecule has 7 heteroatoms. The fourth-order valence-corrected chi connectivity index (χ4v) is 1.92. The molecule has 112 valence electrons. The highest BCUT2D eigenvalue weighted by Crippen LogP contribution is 2.28. The molecule has 2 N–H and O–H groups in total. The summed E-state index contributed by atoms with van der Waals surface area (Å²) in [7, 11) is 0. The monoisotopic (exact) mass is 298 g/mol. The van der Waals surface area contributed by atoms with E-state index >= 15 is 0 Å². The highest BCUT2D eigenvalue weighted by Gasteiger charge is 2.29. The van der Waals surface area contributed by atoms with Gasteiger partial charge in [0.25, 0.3) is 11.5 Å². The van der Waals surface area contributed by atoms with Gasteiger partial charge in [-0.2, -0.15) is 9.78 Å². The van der Waals surface area contributed by atoms with Gasteiger partial charge in [-0.3, -0.25) is 25.2 Å². The molecule has 0 aliphatic heterocycles. The number of hydrogen-bond acceptors (Lipinski definition) is 4. The predicted molar refractivity (Wildman–Crippen MR) is 78.2 cm³/mol. The highest BCUT2D eigenvalue weighted by molar-refractivity contribution is 5.93. The first-order valence-electron chi connectivity index (χ1n) is 6.91. The van der Waals surface area contributed by atoms with E-state index in [0.29, 0.717) is 5.69 Å². The molecule has 22 heavy (non-hydrogen) atoms. The summed E-state index contributed by atoms with van der Waals surface area (Å²) in [5.41, 5.74) is 4.91. The number of carbonyl (C=O) groups excluding carboxylic acids is 2. The molecular weight excluding hydrogens is 284 g/mol. The topological polar surface area (TPSA) is 93.1 Å². The van der Waals surface area contributed by atoms with Crippen LogP contribution in [-0.4, -0.2) is 21.6 Å². The SMILES string of the molecule is O=C(NNC(=O)C1CC1)c1ccc(=O)n(-c2ccccc2)n1. The van der Waals surface area contributed by atoms with Crippen LogP contribution in [0.25, 0.3) is 5.69 Å². The molecule has 1 aliphatic carbocycles. The van der Waals surface area contributed by atoms with Gasteiger partial charge in [-0.15, -0.1) is 0 Å². The molecule has 1 aromatic heterocycles. The maximum Gasteiger partial charge on any atom is 0.290 e. The smallest absolute Gasteiger partial charge is 0.273 e. The predicted octanol–water partition coefficient (Wildman–Crippen LogP) is 0.403. The highest BCUT2D eigenvalue weighted by atomic mass is 16.2.